The van der Waals surface area contributed by atoms with E-state index < -0.39 is 5.91 Å². The summed E-state index contributed by atoms with van der Waals surface area (Å²) >= 11 is 0. The van der Waals surface area contributed by atoms with Crippen molar-refractivity contribution in [2.45, 2.75) is 19.3 Å². The fraction of sp³-hybridized carbons (Fsp3) is 0.250. The van der Waals surface area contributed by atoms with Gasteiger partial charge < -0.3 is 21.3 Å². The number of anilines is 1. The molecule has 2 amide bonds. The maximum absolute atomic E-state index is 12.6. The minimum atomic E-state index is -0.406. The maximum Gasteiger partial charge on any atom is 0.269 e. The Labute approximate surface area is 187 Å². The zero-order valence-corrected chi connectivity index (χ0v) is 18.0. The van der Waals surface area contributed by atoms with Crippen LogP contribution in [0.2, 0.25) is 0 Å². The first-order valence-corrected chi connectivity index (χ1v) is 10.5. The predicted octanol–water partition coefficient (Wildman–Crippen LogP) is 2.24. The molecule has 166 valence electrons. The van der Waals surface area contributed by atoms with Gasteiger partial charge in [0.15, 0.2) is 6.29 Å². The molecule has 8 heteroatoms. The average Bonchev–Trinajstić information content (AvgIpc) is 2.86. The highest BCUT2D eigenvalue weighted by atomic mass is 16.2. The molecule has 1 aromatic carbocycles. The molecule has 1 aliphatic heterocycles. The minimum Gasteiger partial charge on any atom is -0.404 e. The number of carbonyl (C=O) groups is 3. The number of amides is 2. The third-order valence-corrected chi connectivity index (χ3v) is 5.23. The second-order valence-corrected chi connectivity index (χ2v) is 7.38. The smallest absolute Gasteiger partial charge is 0.269 e. The summed E-state index contributed by atoms with van der Waals surface area (Å²) in [5.74, 6) is -0.749. The zero-order chi connectivity index (χ0) is 22.9. The number of rotatable bonds is 7. The van der Waals surface area contributed by atoms with Crippen LogP contribution in [-0.4, -0.2) is 43.2 Å². The van der Waals surface area contributed by atoms with Gasteiger partial charge in [0.05, 0.1) is 11.4 Å². The number of pyridine rings is 1. The largest absolute Gasteiger partial charge is 0.404 e. The molecule has 8 nitrogen and oxygen atoms in total. The molecule has 1 saturated heterocycles. The Morgan fingerprint density at radius 2 is 1.69 bits per heavy atom. The molecule has 1 aromatic heterocycles. The standard InChI is InChI=1S/C24H27N5O3/c1-26-24(32)22-7-5-6-21(28-22)18(15-25)14-19(16-30)27-23(31)17-8-10-20(11-9-17)29-12-3-2-4-13-29/h5-11,14-16H,2-4,12-13,25H2,1H3,(H,26,32)(H,27,31)/b18-15+,19-14+. The second kappa shape index (κ2) is 10.9. The number of piperidine rings is 1. The summed E-state index contributed by atoms with van der Waals surface area (Å²) in [6, 6.07) is 12.2. The number of allylic oxidation sites excluding steroid dienone is 3. The number of nitrogens with one attached hydrogen (secondary N) is 2. The van der Waals surface area contributed by atoms with E-state index in [-0.39, 0.29) is 17.3 Å². The number of aromatic nitrogens is 1. The van der Waals surface area contributed by atoms with Crippen molar-refractivity contribution in [3.8, 4) is 0 Å². The fourth-order valence-electron chi connectivity index (χ4n) is 3.50. The van der Waals surface area contributed by atoms with Gasteiger partial charge in [0.2, 0.25) is 0 Å². The summed E-state index contributed by atoms with van der Waals surface area (Å²) in [5, 5.41) is 5.10. The number of carbonyl (C=O) groups excluding carboxylic acids is 3. The van der Waals surface area contributed by atoms with E-state index in [1.807, 2.05) is 12.1 Å². The molecular weight excluding hydrogens is 406 g/mol. The molecule has 0 saturated carbocycles. The number of hydrogen-bond donors (Lipinski definition) is 3. The van der Waals surface area contributed by atoms with E-state index in [0.717, 1.165) is 18.8 Å². The van der Waals surface area contributed by atoms with Gasteiger partial charge in [-0.2, -0.15) is 0 Å². The second-order valence-electron chi connectivity index (χ2n) is 7.38. The Morgan fingerprint density at radius 3 is 2.31 bits per heavy atom. The summed E-state index contributed by atoms with van der Waals surface area (Å²) in [7, 11) is 1.51. The van der Waals surface area contributed by atoms with E-state index in [1.54, 1.807) is 30.3 Å². The Balaban J connectivity index is 1.74. The molecule has 3 rings (SSSR count). The van der Waals surface area contributed by atoms with Crippen LogP contribution in [0.3, 0.4) is 0 Å². The van der Waals surface area contributed by atoms with Crippen molar-refractivity contribution in [3.63, 3.8) is 0 Å². The molecule has 0 unspecified atom stereocenters. The van der Waals surface area contributed by atoms with Crippen molar-refractivity contribution in [1.82, 2.24) is 15.6 Å². The lowest BCUT2D eigenvalue weighted by molar-refractivity contribution is -0.105. The fourth-order valence-corrected chi connectivity index (χ4v) is 3.50. The van der Waals surface area contributed by atoms with Gasteiger partial charge in [0.25, 0.3) is 11.8 Å². The van der Waals surface area contributed by atoms with Crippen LogP contribution >= 0.6 is 0 Å². The highest BCUT2D eigenvalue weighted by molar-refractivity contribution is 5.99. The van der Waals surface area contributed by atoms with Gasteiger partial charge in [-0.05, 0) is 61.7 Å². The van der Waals surface area contributed by atoms with Crippen LogP contribution in [0.15, 0.2) is 60.4 Å². The number of aldehydes is 1. The lowest BCUT2D eigenvalue weighted by Gasteiger charge is -2.28. The normalized spacial score (nSPS) is 14.6. The highest BCUT2D eigenvalue weighted by Gasteiger charge is 2.13. The van der Waals surface area contributed by atoms with E-state index in [2.05, 4.69) is 20.5 Å². The van der Waals surface area contributed by atoms with Gasteiger partial charge in [-0.15, -0.1) is 0 Å². The quantitative estimate of drug-likeness (QED) is 0.350. The molecular formula is C24H27N5O3. The topological polar surface area (TPSA) is 117 Å². The first-order valence-electron chi connectivity index (χ1n) is 10.5. The first-order chi connectivity index (χ1) is 15.5. The predicted molar refractivity (Wildman–Crippen MR) is 124 cm³/mol. The SMILES string of the molecule is CNC(=O)c1cccc(C(/C=C(\C=O)NC(=O)c2ccc(N3CCCCC3)cc2)=C/N)n1. The summed E-state index contributed by atoms with van der Waals surface area (Å²) in [6.45, 7) is 2.04. The Morgan fingerprint density at radius 1 is 1.00 bits per heavy atom. The molecule has 0 aliphatic carbocycles. The van der Waals surface area contributed by atoms with E-state index in [1.165, 1.54) is 38.6 Å². The van der Waals surface area contributed by atoms with Crippen LogP contribution in [-0.2, 0) is 4.79 Å². The summed E-state index contributed by atoms with van der Waals surface area (Å²) in [6.07, 6.45) is 6.82. The summed E-state index contributed by atoms with van der Waals surface area (Å²) < 4.78 is 0. The molecule has 0 atom stereocenters. The lowest BCUT2D eigenvalue weighted by Crippen LogP contribution is -2.29. The minimum absolute atomic E-state index is 0.0268. The molecule has 1 fully saturated rings. The first kappa shape index (κ1) is 22.7. The molecule has 2 heterocycles. The van der Waals surface area contributed by atoms with E-state index in [0.29, 0.717) is 23.1 Å². The number of benzene rings is 1. The van der Waals surface area contributed by atoms with Gasteiger partial charge in [0, 0.05) is 43.2 Å². The van der Waals surface area contributed by atoms with Crippen LogP contribution < -0.4 is 21.3 Å². The van der Waals surface area contributed by atoms with Crippen LogP contribution in [0.4, 0.5) is 5.69 Å². The van der Waals surface area contributed by atoms with Crippen molar-refractivity contribution in [3.05, 3.63) is 77.4 Å². The van der Waals surface area contributed by atoms with Gasteiger partial charge in [-0.3, -0.25) is 14.4 Å². The zero-order valence-electron chi connectivity index (χ0n) is 18.0. The molecule has 0 radical (unpaired) electrons. The van der Waals surface area contributed by atoms with Gasteiger partial charge in [-0.25, -0.2) is 4.98 Å². The van der Waals surface area contributed by atoms with Gasteiger partial charge in [-0.1, -0.05) is 6.07 Å². The Hall–Kier alpha value is -3.94. The number of nitrogens with zero attached hydrogens (tertiary/aromatic N) is 2. The van der Waals surface area contributed by atoms with Crippen LogP contribution in [0.1, 0.15) is 45.8 Å². The number of nitrogens with two attached hydrogens (primary N) is 1. The van der Waals surface area contributed by atoms with Gasteiger partial charge in [0.1, 0.15) is 5.69 Å². The lowest BCUT2D eigenvalue weighted by atomic mass is 10.1. The van der Waals surface area contributed by atoms with E-state index in [9.17, 15) is 14.4 Å². The van der Waals surface area contributed by atoms with Crippen LogP contribution in [0.5, 0.6) is 0 Å². The molecule has 0 bridgehead atoms. The van der Waals surface area contributed by atoms with Crippen LogP contribution in [0, 0.1) is 0 Å². The van der Waals surface area contributed by atoms with E-state index >= 15 is 0 Å². The molecule has 4 N–H and O–H groups in total. The van der Waals surface area contributed by atoms with Gasteiger partial charge >= 0.3 is 0 Å². The highest BCUT2D eigenvalue weighted by Crippen LogP contribution is 2.20. The Kier molecular flexibility index (Phi) is 7.75. The summed E-state index contributed by atoms with van der Waals surface area (Å²) in [5.41, 5.74) is 8.26. The number of hydrogen-bond acceptors (Lipinski definition) is 6. The maximum atomic E-state index is 12.6. The van der Waals surface area contributed by atoms with Crippen molar-refractivity contribution in [1.29, 1.82) is 0 Å². The average molecular weight is 434 g/mol. The Bertz CT molecular complexity index is 1040. The van der Waals surface area contributed by atoms with Crippen molar-refractivity contribution >= 4 is 29.4 Å². The van der Waals surface area contributed by atoms with Crippen molar-refractivity contribution < 1.29 is 14.4 Å². The third kappa shape index (κ3) is 5.60. The monoisotopic (exact) mass is 433 g/mol. The molecule has 1 aliphatic rings. The van der Waals surface area contributed by atoms with Crippen molar-refractivity contribution in [2.24, 2.45) is 5.73 Å². The van der Waals surface area contributed by atoms with E-state index in [4.69, 9.17) is 5.73 Å². The molecule has 32 heavy (non-hydrogen) atoms. The molecule has 0 spiro atoms. The third-order valence-electron chi connectivity index (χ3n) is 5.23. The van der Waals surface area contributed by atoms with Crippen molar-refractivity contribution in [2.75, 3.05) is 25.0 Å². The summed E-state index contributed by atoms with van der Waals surface area (Å²) in [4.78, 5) is 42.6. The van der Waals surface area contributed by atoms with Crippen LogP contribution in [0.25, 0.3) is 5.57 Å². The molecule has 2 aromatic rings.